The summed E-state index contributed by atoms with van der Waals surface area (Å²) in [5.74, 6) is -0.107. The van der Waals surface area contributed by atoms with Gasteiger partial charge in [-0.15, -0.1) is 0 Å². The smallest absolute Gasteiger partial charge is 0.343 e. The predicted octanol–water partition coefficient (Wildman–Crippen LogP) is 5.61. The van der Waals surface area contributed by atoms with Crippen LogP contribution in [0.2, 0.25) is 5.02 Å². The average molecular weight is 425 g/mol. The van der Waals surface area contributed by atoms with E-state index in [1.54, 1.807) is 0 Å². The van der Waals surface area contributed by atoms with Crippen molar-refractivity contribution in [2.75, 3.05) is 6.54 Å². The molecule has 2 aromatic carbocycles. The fourth-order valence-electron chi connectivity index (χ4n) is 3.78. The second-order valence-corrected chi connectivity index (χ2v) is 8.30. The zero-order valence-electron chi connectivity index (χ0n) is 16.3. The Kier molecular flexibility index (Phi) is 6.24. The van der Waals surface area contributed by atoms with Crippen LogP contribution in [0.1, 0.15) is 54.2 Å². The van der Waals surface area contributed by atoms with Crippen molar-refractivity contribution < 1.29 is 18.0 Å². The van der Waals surface area contributed by atoms with E-state index in [4.69, 9.17) is 11.6 Å². The Morgan fingerprint density at radius 1 is 1.21 bits per heavy atom. The highest BCUT2D eigenvalue weighted by Crippen LogP contribution is 2.38. The predicted molar refractivity (Wildman–Crippen MR) is 108 cm³/mol. The molecule has 7 heteroatoms. The first-order valence-electron chi connectivity index (χ1n) is 9.58. The monoisotopic (exact) mass is 424 g/mol. The number of carbonyl (C=O) groups is 1. The van der Waals surface area contributed by atoms with E-state index in [0.29, 0.717) is 5.92 Å². The molecule has 1 aliphatic heterocycles. The van der Waals surface area contributed by atoms with Crippen LogP contribution in [0.15, 0.2) is 48.5 Å². The summed E-state index contributed by atoms with van der Waals surface area (Å²) < 4.78 is 39.5. The molecule has 0 bridgehead atoms. The second kappa shape index (κ2) is 8.36. The van der Waals surface area contributed by atoms with Crippen LogP contribution in [-0.4, -0.2) is 18.0 Å². The van der Waals surface area contributed by atoms with Crippen molar-refractivity contribution in [2.24, 2.45) is 5.92 Å². The topological polar surface area (TPSA) is 41.1 Å². The Labute approximate surface area is 173 Å². The number of carbonyl (C=O) groups excluding carboxylic acids is 1. The highest BCUT2D eigenvalue weighted by Gasteiger charge is 2.40. The molecule has 0 aliphatic carbocycles. The maximum atomic E-state index is 13.2. The Bertz CT molecular complexity index is 862. The van der Waals surface area contributed by atoms with Gasteiger partial charge in [-0.1, -0.05) is 54.9 Å². The first-order valence-corrected chi connectivity index (χ1v) is 9.96. The summed E-state index contributed by atoms with van der Waals surface area (Å²) >= 11 is 5.96. The number of halogens is 4. The molecule has 2 N–H and O–H groups in total. The van der Waals surface area contributed by atoms with Gasteiger partial charge in [0, 0.05) is 5.54 Å². The molecule has 1 fully saturated rings. The van der Waals surface area contributed by atoms with E-state index < -0.39 is 34.3 Å². The maximum absolute atomic E-state index is 13.2. The van der Waals surface area contributed by atoms with Crippen molar-refractivity contribution in [3.8, 4) is 0 Å². The summed E-state index contributed by atoms with van der Waals surface area (Å²) in [7, 11) is 0. The third-order valence-corrected chi connectivity index (χ3v) is 6.01. The first kappa shape index (κ1) is 21.7. The lowest BCUT2D eigenvalue weighted by Crippen LogP contribution is -2.57. The van der Waals surface area contributed by atoms with Crippen LogP contribution in [0.3, 0.4) is 0 Å². The molecule has 0 saturated carbocycles. The highest BCUT2D eigenvalue weighted by atomic mass is 35.5. The lowest BCUT2D eigenvalue weighted by Gasteiger charge is -2.44. The number of hydrogen-bond acceptors (Lipinski definition) is 2. The SMILES string of the molecule is CC1CCC(C)([C@@H](NC(=O)c2cccc(C(F)(F)F)c2Cl)c2ccccc2)NC1. The summed E-state index contributed by atoms with van der Waals surface area (Å²) in [6, 6.07) is 12.4. The van der Waals surface area contributed by atoms with Gasteiger partial charge in [0.1, 0.15) is 0 Å². The zero-order valence-corrected chi connectivity index (χ0v) is 17.1. The fraction of sp³-hybridized carbons (Fsp3) is 0.409. The summed E-state index contributed by atoms with van der Waals surface area (Å²) in [4.78, 5) is 13.0. The maximum Gasteiger partial charge on any atom is 0.417 e. The van der Waals surface area contributed by atoms with E-state index in [0.717, 1.165) is 31.0 Å². The van der Waals surface area contributed by atoms with Gasteiger partial charge >= 0.3 is 6.18 Å². The van der Waals surface area contributed by atoms with Crippen molar-refractivity contribution in [1.82, 2.24) is 10.6 Å². The third kappa shape index (κ3) is 4.75. The normalized spacial score (nSPS) is 23.4. The van der Waals surface area contributed by atoms with Crippen LogP contribution in [0.4, 0.5) is 13.2 Å². The number of amides is 1. The van der Waals surface area contributed by atoms with Crippen LogP contribution < -0.4 is 10.6 Å². The van der Waals surface area contributed by atoms with Crippen LogP contribution in [-0.2, 0) is 6.18 Å². The highest BCUT2D eigenvalue weighted by molar-refractivity contribution is 6.34. The zero-order chi connectivity index (χ0) is 21.2. The molecular formula is C22H24ClF3N2O. The molecular weight excluding hydrogens is 401 g/mol. The van der Waals surface area contributed by atoms with Gasteiger partial charge in [-0.05, 0) is 49.9 Å². The van der Waals surface area contributed by atoms with E-state index in [-0.39, 0.29) is 5.56 Å². The van der Waals surface area contributed by atoms with Gasteiger partial charge in [0.2, 0.25) is 0 Å². The van der Waals surface area contributed by atoms with Crippen molar-refractivity contribution in [3.63, 3.8) is 0 Å². The van der Waals surface area contributed by atoms with Gasteiger partial charge in [0.25, 0.3) is 5.91 Å². The number of nitrogens with one attached hydrogen (secondary N) is 2. The summed E-state index contributed by atoms with van der Waals surface area (Å²) in [5.41, 5.74) is -0.750. The van der Waals surface area contributed by atoms with E-state index in [9.17, 15) is 18.0 Å². The number of alkyl halides is 3. The number of hydrogen-bond donors (Lipinski definition) is 2. The Morgan fingerprint density at radius 2 is 1.90 bits per heavy atom. The van der Waals surface area contributed by atoms with Crippen molar-refractivity contribution >= 4 is 17.5 Å². The molecule has 1 heterocycles. The second-order valence-electron chi connectivity index (χ2n) is 7.92. The summed E-state index contributed by atoms with van der Waals surface area (Å²) in [6.07, 6.45) is -2.81. The molecule has 3 nitrogen and oxygen atoms in total. The molecule has 0 aromatic heterocycles. The average Bonchev–Trinajstić information content (AvgIpc) is 2.68. The van der Waals surface area contributed by atoms with E-state index >= 15 is 0 Å². The molecule has 1 aliphatic rings. The van der Waals surface area contributed by atoms with Gasteiger partial charge in [-0.2, -0.15) is 13.2 Å². The van der Waals surface area contributed by atoms with Crippen LogP contribution in [0.25, 0.3) is 0 Å². The summed E-state index contributed by atoms with van der Waals surface area (Å²) in [5, 5.41) is 5.88. The molecule has 29 heavy (non-hydrogen) atoms. The third-order valence-electron chi connectivity index (χ3n) is 5.61. The molecule has 3 atom stereocenters. The molecule has 0 spiro atoms. The molecule has 0 radical (unpaired) electrons. The molecule has 2 aromatic rings. The Morgan fingerprint density at radius 3 is 2.48 bits per heavy atom. The number of rotatable bonds is 4. The quantitative estimate of drug-likeness (QED) is 0.670. The van der Waals surface area contributed by atoms with Crippen molar-refractivity contribution in [1.29, 1.82) is 0 Å². The molecule has 156 valence electrons. The largest absolute Gasteiger partial charge is 0.417 e. The van der Waals surface area contributed by atoms with Crippen LogP contribution >= 0.6 is 11.6 Å². The van der Waals surface area contributed by atoms with Crippen molar-refractivity contribution in [2.45, 2.75) is 44.4 Å². The van der Waals surface area contributed by atoms with Crippen molar-refractivity contribution in [3.05, 3.63) is 70.2 Å². The lowest BCUT2D eigenvalue weighted by atomic mass is 9.78. The van der Waals surface area contributed by atoms with Crippen LogP contribution in [0, 0.1) is 5.92 Å². The number of benzene rings is 2. The fourth-order valence-corrected chi connectivity index (χ4v) is 4.10. The molecule has 1 saturated heterocycles. The van der Waals surface area contributed by atoms with E-state index in [1.807, 2.05) is 37.3 Å². The minimum Gasteiger partial charge on any atom is -0.343 e. The summed E-state index contributed by atoms with van der Waals surface area (Å²) in [6.45, 7) is 5.00. The van der Waals surface area contributed by atoms with Gasteiger partial charge in [-0.25, -0.2) is 0 Å². The van der Waals surface area contributed by atoms with Gasteiger partial charge in [0.15, 0.2) is 0 Å². The van der Waals surface area contributed by atoms with Gasteiger partial charge < -0.3 is 10.6 Å². The molecule has 3 rings (SSSR count). The first-order chi connectivity index (χ1) is 13.6. The molecule has 2 unspecified atom stereocenters. The van der Waals surface area contributed by atoms with Gasteiger partial charge in [-0.3, -0.25) is 4.79 Å². The Hall–Kier alpha value is -2.05. The number of piperidine rings is 1. The Balaban J connectivity index is 1.94. The van der Waals surface area contributed by atoms with E-state index in [1.165, 1.54) is 12.1 Å². The van der Waals surface area contributed by atoms with Crippen LogP contribution in [0.5, 0.6) is 0 Å². The minimum absolute atomic E-state index is 0.185. The minimum atomic E-state index is -4.63. The molecule has 1 amide bonds. The lowest BCUT2D eigenvalue weighted by molar-refractivity contribution is -0.137. The van der Waals surface area contributed by atoms with E-state index in [2.05, 4.69) is 17.6 Å². The standard InChI is InChI=1S/C22H24ClF3N2O/c1-14-11-12-21(2,27-13-14)19(15-7-4-3-5-8-15)28-20(29)16-9-6-10-17(18(16)23)22(24,25)26/h3-10,14,19,27H,11-13H2,1-2H3,(H,28,29)/t14?,19-,21?/m0/s1. The van der Waals surface area contributed by atoms with Gasteiger partial charge in [0.05, 0.1) is 22.2 Å².